The molecule has 3 aromatic rings. The second kappa shape index (κ2) is 7.06. The highest BCUT2D eigenvalue weighted by atomic mass is 32.2. The molecule has 2 heterocycles. The van der Waals surface area contributed by atoms with Crippen molar-refractivity contribution in [2.45, 2.75) is 5.16 Å². The Balaban J connectivity index is 1.70. The van der Waals surface area contributed by atoms with Crippen molar-refractivity contribution >= 4 is 44.9 Å². The molecule has 1 N–H and O–H groups in total. The van der Waals surface area contributed by atoms with Crippen LogP contribution in [0.25, 0.3) is 10.2 Å². The fourth-order valence-corrected chi connectivity index (χ4v) is 3.70. The fraction of sp³-hybridized carbons (Fsp3) is 0.188. The molecule has 0 atom stereocenters. The maximum Gasteiger partial charge on any atom is 0.271 e. The van der Waals surface area contributed by atoms with Gasteiger partial charge in [0.05, 0.1) is 18.4 Å². The summed E-state index contributed by atoms with van der Waals surface area (Å²) in [5, 5.41) is 5.16. The Kier molecular flexibility index (Phi) is 4.86. The first-order valence-electron chi connectivity index (χ1n) is 7.09. The highest BCUT2D eigenvalue weighted by molar-refractivity contribution is 7.99. The molecule has 0 saturated carbocycles. The van der Waals surface area contributed by atoms with E-state index in [2.05, 4.69) is 10.3 Å². The lowest BCUT2D eigenvalue weighted by Crippen LogP contribution is -2.20. The number of aromatic nitrogens is 2. The number of amides is 1. The Hall–Kier alpha value is -2.32. The molecule has 8 heteroatoms. The van der Waals surface area contributed by atoms with Crippen molar-refractivity contribution in [1.29, 1.82) is 0 Å². The molecule has 3 rings (SSSR count). The Labute approximate surface area is 146 Å². The van der Waals surface area contributed by atoms with Crippen LogP contribution in [0.3, 0.4) is 0 Å². The summed E-state index contributed by atoms with van der Waals surface area (Å²) in [6, 6.07) is 8.95. The maximum atomic E-state index is 12.2. The summed E-state index contributed by atoms with van der Waals surface area (Å²) in [7, 11) is 3.24. The Morgan fingerprint density at radius 3 is 3.04 bits per heavy atom. The lowest BCUT2D eigenvalue weighted by molar-refractivity contribution is -0.113. The van der Waals surface area contributed by atoms with Gasteiger partial charge in [0.1, 0.15) is 10.4 Å². The molecule has 6 nitrogen and oxygen atoms in total. The molecule has 24 heavy (non-hydrogen) atoms. The molecule has 124 valence electrons. The van der Waals surface area contributed by atoms with Crippen molar-refractivity contribution in [2.75, 3.05) is 18.2 Å². The third-order valence-electron chi connectivity index (χ3n) is 3.33. The number of rotatable bonds is 5. The van der Waals surface area contributed by atoms with Gasteiger partial charge in [0.15, 0.2) is 5.16 Å². The normalized spacial score (nSPS) is 10.8. The lowest BCUT2D eigenvalue weighted by Gasteiger charge is -2.08. The van der Waals surface area contributed by atoms with Gasteiger partial charge in [0.2, 0.25) is 5.91 Å². The highest BCUT2D eigenvalue weighted by Crippen LogP contribution is 2.21. The van der Waals surface area contributed by atoms with Crippen molar-refractivity contribution in [2.24, 2.45) is 7.05 Å². The molecular formula is C16H15N3O3S2. The lowest BCUT2D eigenvalue weighted by atomic mass is 10.3. The summed E-state index contributed by atoms with van der Waals surface area (Å²) >= 11 is 2.60. The average Bonchev–Trinajstić information content (AvgIpc) is 3.05. The Bertz CT molecular complexity index is 949. The number of carbonyl (C=O) groups excluding carboxylic acids is 1. The number of methoxy groups -OCH3 is 1. The van der Waals surface area contributed by atoms with Gasteiger partial charge >= 0.3 is 0 Å². The highest BCUT2D eigenvalue weighted by Gasteiger charge is 2.12. The molecule has 1 aromatic carbocycles. The molecule has 0 fully saturated rings. The van der Waals surface area contributed by atoms with Crippen molar-refractivity contribution in [3.8, 4) is 5.75 Å². The Morgan fingerprint density at radius 2 is 2.25 bits per heavy atom. The van der Waals surface area contributed by atoms with Crippen LogP contribution in [0.2, 0.25) is 0 Å². The zero-order valence-electron chi connectivity index (χ0n) is 13.1. The minimum Gasteiger partial charge on any atom is -0.497 e. The van der Waals surface area contributed by atoms with Crippen LogP contribution in [0, 0.1) is 0 Å². The molecule has 1 amide bonds. The second-order valence-electron chi connectivity index (χ2n) is 4.96. The topological polar surface area (TPSA) is 73.2 Å². The molecule has 0 spiro atoms. The van der Waals surface area contributed by atoms with E-state index in [0.717, 1.165) is 0 Å². The van der Waals surface area contributed by atoms with Crippen LogP contribution in [0.1, 0.15) is 0 Å². The summed E-state index contributed by atoms with van der Waals surface area (Å²) in [4.78, 5) is 28.8. The van der Waals surface area contributed by atoms with Gasteiger partial charge in [-0.15, -0.1) is 11.3 Å². The monoisotopic (exact) mass is 361 g/mol. The van der Waals surface area contributed by atoms with Crippen LogP contribution in [-0.4, -0.2) is 28.3 Å². The summed E-state index contributed by atoms with van der Waals surface area (Å²) in [6.45, 7) is 0. The zero-order valence-corrected chi connectivity index (χ0v) is 14.7. The van der Waals surface area contributed by atoms with Crippen LogP contribution >= 0.6 is 23.1 Å². The van der Waals surface area contributed by atoms with Crippen molar-refractivity contribution in [3.05, 3.63) is 46.1 Å². The van der Waals surface area contributed by atoms with E-state index in [0.29, 0.717) is 26.8 Å². The number of thiophene rings is 1. The van der Waals surface area contributed by atoms with Crippen molar-refractivity contribution in [1.82, 2.24) is 9.55 Å². The minimum absolute atomic E-state index is 0.0919. The van der Waals surface area contributed by atoms with Gasteiger partial charge in [-0.2, -0.15) is 0 Å². The van der Waals surface area contributed by atoms with E-state index in [1.807, 2.05) is 11.4 Å². The summed E-state index contributed by atoms with van der Waals surface area (Å²) in [6.07, 6.45) is 0. The smallest absolute Gasteiger partial charge is 0.271 e. The predicted molar refractivity (Wildman–Crippen MR) is 97.2 cm³/mol. The Morgan fingerprint density at radius 1 is 1.42 bits per heavy atom. The van der Waals surface area contributed by atoms with E-state index in [9.17, 15) is 9.59 Å². The number of hydrogen-bond acceptors (Lipinski definition) is 6. The van der Waals surface area contributed by atoms with Gasteiger partial charge in [-0.1, -0.05) is 17.8 Å². The number of thioether (sulfide) groups is 1. The second-order valence-corrected chi connectivity index (χ2v) is 6.82. The molecular weight excluding hydrogens is 346 g/mol. The first-order chi connectivity index (χ1) is 11.6. The molecule has 0 bridgehead atoms. The predicted octanol–water partition coefficient (Wildman–Crippen LogP) is 2.73. The van der Waals surface area contributed by atoms with Gasteiger partial charge in [-0.3, -0.25) is 14.2 Å². The van der Waals surface area contributed by atoms with Crippen LogP contribution in [0.15, 0.2) is 45.7 Å². The van der Waals surface area contributed by atoms with Gasteiger partial charge in [-0.05, 0) is 23.6 Å². The maximum absolute atomic E-state index is 12.2. The van der Waals surface area contributed by atoms with E-state index in [-0.39, 0.29) is 17.2 Å². The molecule has 0 saturated heterocycles. The number of nitrogens with zero attached hydrogens (tertiary/aromatic N) is 2. The van der Waals surface area contributed by atoms with Crippen molar-refractivity contribution in [3.63, 3.8) is 0 Å². The largest absolute Gasteiger partial charge is 0.497 e. The van der Waals surface area contributed by atoms with Crippen LogP contribution in [0.5, 0.6) is 5.75 Å². The van der Waals surface area contributed by atoms with Crippen LogP contribution in [0.4, 0.5) is 5.69 Å². The summed E-state index contributed by atoms with van der Waals surface area (Å²) < 4.78 is 7.23. The first kappa shape index (κ1) is 16.5. The fourth-order valence-electron chi connectivity index (χ4n) is 2.12. The van der Waals surface area contributed by atoms with Gasteiger partial charge in [0.25, 0.3) is 5.56 Å². The van der Waals surface area contributed by atoms with Crippen molar-refractivity contribution < 1.29 is 9.53 Å². The standard InChI is InChI=1S/C16H15N3O3S2/c1-19-15(21)14-12(6-7-23-14)18-16(19)24-9-13(20)17-10-4-3-5-11(8-10)22-2/h3-8H,9H2,1-2H3,(H,17,20). The van der Waals surface area contributed by atoms with Crippen LogP contribution < -0.4 is 15.6 Å². The molecule has 2 aromatic heterocycles. The van der Waals surface area contributed by atoms with E-state index < -0.39 is 0 Å². The van der Waals surface area contributed by atoms with E-state index >= 15 is 0 Å². The van der Waals surface area contributed by atoms with E-state index in [4.69, 9.17) is 4.74 Å². The SMILES string of the molecule is COc1cccc(NC(=O)CSc2nc3ccsc3c(=O)n2C)c1. The zero-order chi connectivity index (χ0) is 17.1. The third-order valence-corrected chi connectivity index (χ3v) is 5.25. The summed E-state index contributed by atoms with van der Waals surface area (Å²) in [5.41, 5.74) is 1.24. The van der Waals surface area contributed by atoms with E-state index in [1.54, 1.807) is 38.4 Å². The average molecular weight is 361 g/mol. The number of carbonyl (C=O) groups is 1. The van der Waals surface area contributed by atoms with E-state index in [1.165, 1.54) is 27.7 Å². The number of nitrogens with one attached hydrogen (secondary N) is 1. The van der Waals surface area contributed by atoms with Crippen LogP contribution in [-0.2, 0) is 11.8 Å². The van der Waals surface area contributed by atoms with Gasteiger partial charge in [0, 0.05) is 18.8 Å². The quantitative estimate of drug-likeness (QED) is 0.559. The molecule has 0 aliphatic rings. The molecule has 0 radical (unpaired) electrons. The number of anilines is 1. The number of fused-ring (bicyclic) bond motifs is 1. The number of ether oxygens (including phenoxy) is 1. The first-order valence-corrected chi connectivity index (χ1v) is 8.96. The molecule has 0 unspecified atom stereocenters. The molecule has 0 aliphatic heterocycles. The summed E-state index contributed by atoms with van der Waals surface area (Å²) in [5.74, 6) is 0.660. The van der Waals surface area contributed by atoms with Gasteiger partial charge in [-0.25, -0.2) is 4.98 Å². The number of benzene rings is 1. The molecule has 0 aliphatic carbocycles. The third kappa shape index (κ3) is 3.44. The van der Waals surface area contributed by atoms with Gasteiger partial charge < -0.3 is 10.1 Å². The number of hydrogen-bond donors (Lipinski definition) is 1. The minimum atomic E-state index is -0.173.